The second kappa shape index (κ2) is 12.1. The Kier molecular flexibility index (Phi) is 8.58. The number of esters is 1. The van der Waals surface area contributed by atoms with E-state index in [1.54, 1.807) is 67.6 Å². The van der Waals surface area contributed by atoms with Gasteiger partial charge in [0.05, 0.1) is 37.5 Å². The van der Waals surface area contributed by atoms with Crippen molar-refractivity contribution in [3.05, 3.63) is 94.6 Å². The van der Waals surface area contributed by atoms with Gasteiger partial charge in [0.2, 0.25) is 0 Å². The van der Waals surface area contributed by atoms with Crippen molar-refractivity contribution in [3.8, 4) is 11.5 Å². The Balaban J connectivity index is 1.93. The number of rotatable bonds is 9. The lowest BCUT2D eigenvalue weighted by atomic mass is 9.93. The van der Waals surface area contributed by atoms with Crippen molar-refractivity contribution < 1.29 is 33.7 Å². The van der Waals surface area contributed by atoms with Crippen molar-refractivity contribution >= 4 is 29.1 Å². The van der Waals surface area contributed by atoms with Crippen LogP contribution >= 0.6 is 0 Å². The number of carbonyl (C=O) groups excluding carboxylic acids is 3. The van der Waals surface area contributed by atoms with Crippen molar-refractivity contribution in [1.29, 1.82) is 0 Å². The van der Waals surface area contributed by atoms with Crippen molar-refractivity contribution in [2.24, 2.45) is 0 Å². The van der Waals surface area contributed by atoms with Gasteiger partial charge in [-0.15, -0.1) is 0 Å². The van der Waals surface area contributed by atoms with E-state index in [0.717, 1.165) is 5.56 Å². The SMILES string of the molecule is CCOC(=O)c1cccc(N2C(=O)C(=O)/C(=C(\O)c3ccc(OCC)c(C(C)C)c3)C2c2cccc(OC)c2)c1. The molecule has 1 aliphatic heterocycles. The molecule has 8 heteroatoms. The lowest BCUT2D eigenvalue weighted by Gasteiger charge is -2.26. The van der Waals surface area contributed by atoms with Gasteiger partial charge in [-0.1, -0.05) is 32.0 Å². The van der Waals surface area contributed by atoms with Crippen LogP contribution < -0.4 is 14.4 Å². The molecule has 1 N–H and O–H groups in total. The lowest BCUT2D eigenvalue weighted by Crippen LogP contribution is -2.29. The summed E-state index contributed by atoms with van der Waals surface area (Å²) < 4.78 is 16.3. The zero-order valence-electron chi connectivity index (χ0n) is 23.3. The molecular weight excluding hydrogens is 510 g/mol. The van der Waals surface area contributed by atoms with Gasteiger partial charge in [0.25, 0.3) is 11.7 Å². The molecule has 0 aromatic heterocycles. The van der Waals surface area contributed by atoms with E-state index < -0.39 is 23.7 Å². The standard InChI is InChI=1S/C32H33NO7/c1-6-39-26-15-14-21(18-25(26)19(3)4)29(34)27-28(20-10-9-13-24(17-20)38-5)33(31(36)30(27)35)23-12-8-11-22(16-23)32(37)40-7-2/h8-19,28,34H,6-7H2,1-5H3/b29-27-. The first-order valence-corrected chi connectivity index (χ1v) is 13.2. The average molecular weight is 544 g/mol. The summed E-state index contributed by atoms with van der Waals surface area (Å²) in [6.07, 6.45) is 0. The molecule has 0 aliphatic carbocycles. The molecule has 3 aromatic carbocycles. The van der Waals surface area contributed by atoms with Gasteiger partial charge in [-0.3, -0.25) is 14.5 Å². The van der Waals surface area contributed by atoms with Gasteiger partial charge in [0.15, 0.2) is 0 Å². The van der Waals surface area contributed by atoms with Crippen LogP contribution in [0.1, 0.15) is 66.7 Å². The van der Waals surface area contributed by atoms with Crippen LogP contribution in [-0.2, 0) is 14.3 Å². The number of hydrogen-bond acceptors (Lipinski definition) is 7. The van der Waals surface area contributed by atoms with Crippen LogP contribution in [0.2, 0.25) is 0 Å². The molecule has 208 valence electrons. The summed E-state index contributed by atoms with van der Waals surface area (Å²) in [4.78, 5) is 40.9. The Hall–Kier alpha value is -4.59. The molecule has 1 saturated heterocycles. The largest absolute Gasteiger partial charge is 0.507 e. The normalized spacial score (nSPS) is 16.4. The molecular formula is C32H33NO7. The van der Waals surface area contributed by atoms with E-state index in [1.165, 1.54) is 18.1 Å². The fourth-order valence-corrected chi connectivity index (χ4v) is 4.81. The summed E-state index contributed by atoms with van der Waals surface area (Å²) in [7, 11) is 1.52. The highest BCUT2D eigenvalue weighted by atomic mass is 16.5. The molecule has 1 amide bonds. The highest BCUT2D eigenvalue weighted by Gasteiger charge is 2.47. The molecule has 40 heavy (non-hydrogen) atoms. The Morgan fingerprint density at radius 2 is 1.70 bits per heavy atom. The van der Waals surface area contributed by atoms with Crippen molar-refractivity contribution in [2.75, 3.05) is 25.2 Å². The fourth-order valence-electron chi connectivity index (χ4n) is 4.81. The zero-order chi connectivity index (χ0) is 29.0. The first-order chi connectivity index (χ1) is 19.2. The van der Waals surface area contributed by atoms with Gasteiger partial charge < -0.3 is 19.3 Å². The summed E-state index contributed by atoms with van der Waals surface area (Å²) in [5.41, 5.74) is 2.28. The fraction of sp³-hybridized carbons (Fsp3) is 0.281. The van der Waals surface area contributed by atoms with Gasteiger partial charge in [0, 0.05) is 11.3 Å². The van der Waals surface area contributed by atoms with Crippen LogP contribution in [0.4, 0.5) is 5.69 Å². The third kappa shape index (κ3) is 5.43. The summed E-state index contributed by atoms with van der Waals surface area (Å²) >= 11 is 0. The zero-order valence-corrected chi connectivity index (χ0v) is 23.3. The summed E-state index contributed by atoms with van der Waals surface area (Å²) in [5.74, 6) is -1.23. The molecule has 1 fully saturated rings. The molecule has 0 saturated carbocycles. The van der Waals surface area contributed by atoms with E-state index in [-0.39, 0.29) is 29.4 Å². The molecule has 4 rings (SSSR count). The smallest absolute Gasteiger partial charge is 0.338 e. The van der Waals surface area contributed by atoms with Gasteiger partial charge in [-0.05, 0) is 79.4 Å². The number of aliphatic hydroxyl groups excluding tert-OH is 1. The topological polar surface area (TPSA) is 102 Å². The molecule has 0 bridgehead atoms. The number of methoxy groups -OCH3 is 1. The van der Waals surface area contributed by atoms with Crippen LogP contribution in [0, 0.1) is 0 Å². The number of benzene rings is 3. The Bertz CT molecular complexity index is 1470. The molecule has 1 atom stereocenters. The van der Waals surface area contributed by atoms with E-state index in [1.807, 2.05) is 20.8 Å². The minimum atomic E-state index is -0.985. The molecule has 3 aromatic rings. The lowest BCUT2D eigenvalue weighted by molar-refractivity contribution is -0.132. The first kappa shape index (κ1) is 28.4. The summed E-state index contributed by atoms with van der Waals surface area (Å²) in [6, 6.07) is 17.5. The van der Waals surface area contributed by atoms with E-state index in [2.05, 4.69) is 0 Å². The van der Waals surface area contributed by atoms with Crippen LogP contribution in [0.3, 0.4) is 0 Å². The maximum absolute atomic E-state index is 13.6. The molecule has 0 radical (unpaired) electrons. The number of Topliss-reactive ketones (excluding diaryl/α,β-unsaturated/α-hetero) is 1. The highest BCUT2D eigenvalue weighted by molar-refractivity contribution is 6.51. The number of carbonyl (C=O) groups is 3. The third-order valence-corrected chi connectivity index (χ3v) is 6.69. The Morgan fingerprint density at radius 3 is 2.38 bits per heavy atom. The second-order valence-electron chi connectivity index (χ2n) is 9.56. The minimum absolute atomic E-state index is 0.0707. The molecule has 1 heterocycles. The maximum Gasteiger partial charge on any atom is 0.338 e. The Morgan fingerprint density at radius 1 is 0.950 bits per heavy atom. The number of hydrogen-bond donors (Lipinski definition) is 1. The molecule has 8 nitrogen and oxygen atoms in total. The minimum Gasteiger partial charge on any atom is -0.507 e. The predicted molar refractivity (Wildman–Crippen MR) is 152 cm³/mol. The van der Waals surface area contributed by atoms with Crippen LogP contribution in [-0.4, -0.2) is 43.1 Å². The third-order valence-electron chi connectivity index (χ3n) is 6.69. The molecule has 1 unspecified atom stereocenters. The van der Waals surface area contributed by atoms with E-state index >= 15 is 0 Å². The summed E-state index contributed by atoms with van der Waals surface area (Å²) in [5, 5.41) is 11.6. The van der Waals surface area contributed by atoms with Crippen LogP contribution in [0.5, 0.6) is 11.5 Å². The van der Waals surface area contributed by atoms with Crippen LogP contribution in [0.25, 0.3) is 5.76 Å². The predicted octanol–water partition coefficient (Wildman–Crippen LogP) is 6.02. The number of ether oxygens (including phenoxy) is 3. The van der Waals surface area contributed by atoms with Gasteiger partial charge >= 0.3 is 5.97 Å². The van der Waals surface area contributed by atoms with Gasteiger partial charge in [-0.2, -0.15) is 0 Å². The number of ketones is 1. The average Bonchev–Trinajstić information content (AvgIpc) is 3.23. The van der Waals surface area contributed by atoms with Gasteiger partial charge in [-0.25, -0.2) is 4.79 Å². The number of nitrogens with zero attached hydrogens (tertiary/aromatic N) is 1. The Labute approximate surface area is 233 Å². The summed E-state index contributed by atoms with van der Waals surface area (Å²) in [6.45, 7) is 8.29. The van der Waals surface area contributed by atoms with E-state index in [0.29, 0.717) is 34.9 Å². The number of anilines is 1. The van der Waals surface area contributed by atoms with E-state index in [4.69, 9.17) is 14.2 Å². The maximum atomic E-state index is 13.6. The molecule has 0 spiro atoms. The van der Waals surface area contributed by atoms with Gasteiger partial charge in [0.1, 0.15) is 17.3 Å². The second-order valence-corrected chi connectivity index (χ2v) is 9.56. The van der Waals surface area contributed by atoms with Crippen molar-refractivity contribution in [3.63, 3.8) is 0 Å². The number of aliphatic hydroxyl groups is 1. The molecule has 1 aliphatic rings. The monoisotopic (exact) mass is 543 g/mol. The highest BCUT2D eigenvalue weighted by Crippen LogP contribution is 2.43. The van der Waals surface area contributed by atoms with Crippen LogP contribution in [0.15, 0.2) is 72.3 Å². The van der Waals surface area contributed by atoms with Crippen molar-refractivity contribution in [1.82, 2.24) is 0 Å². The van der Waals surface area contributed by atoms with E-state index in [9.17, 15) is 19.5 Å². The first-order valence-electron chi connectivity index (χ1n) is 13.2. The van der Waals surface area contributed by atoms with Crippen molar-refractivity contribution in [2.45, 2.75) is 39.7 Å². The number of amides is 1. The quantitative estimate of drug-likeness (QED) is 0.152.